The molecule has 5 atom stereocenters. The zero-order chi connectivity index (χ0) is 42.3. The van der Waals surface area contributed by atoms with Crippen molar-refractivity contribution >= 4 is 46.1 Å². The van der Waals surface area contributed by atoms with Crippen molar-refractivity contribution in [2.24, 2.45) is 5.41 Å². The summed E-state index contributed by atoms with van der Waals surface area (Å²) in [5, 5.41) is 11.9. The molecule has 16 heteroatoms. The van der Waals surface area contributed by atoms with Crippen LogP contribution in [0.2, 0.25) is 0 Å². The summed E-state index contributed by atoms with van der Waals surface area (Å²) >= 11 is 0. The van der Waals surface area contributed by atoms with Crippen molar-refractivity contribution in [1.29, 1.82) is 0 Å². The molecule has 2 fully saturated rings. The van der Waals surface area contributed by atoms with E-state index in [1.807, 2.05) is 39.3 Å². The number of hydrogen-bond donors (Lipinski definition) is 5. The van der Waals surface area contributed by atoms with Crippen molar-refractivity contribution in [3.05, 3.63) is 53.6 Å². The van der Waals surface area contributed by atoms with Crippen LogP contribution >= 0.6 is 0 Å². The molecule has 0 radical (unpaired) electrons. The van der Waals surface area contributed by atoms with Crippen LogP contribution in [-0.2, 0) is 32.1 Å². The minimum atomic E-state index is -1.32. The van der Waals surface area contributed by atoms with E-state index in [1.165, 1.54) is 29.2 Å². The van der Waals surface area contributed by atoms with Crippen LogP contribution in [0.15, 0.2) is 36.4 Å². The van der Waals surface area contributed by atoms with E-state index in [9.17, 15) is 28.0 Å². The van der Waals surface area contributed by atoms with Crippen LogP contribution in [0, 0.1) is 17.0 Å². The number of aromatic nitrogens is 3. The summed E-state index contributed by atoms with van der Waals surface area (Å²) in [6, 6.07) is 6.16. The molecule has 58 heavy (non-hydrogen) atoms. The number of amides is 4. The van der Waals surface area contributed by atoms with Gasteiger partial charge in [0.25, 0.3) is 0 Å². The SMILES string of the molecule is CCC(NC=O)C(=O)N1CCCC1Cc1c(-c2nc3cc(F)ccc3n2CC2CC(F)CN2C(=O)C(NC(=O)CNC)C(C)(C)C)[nH]c2cc(F)ccc12.CCNC. The van der Waals surface area contributed by atoms with E-state index in [0.717, 1.165) is 23.9 Å². The van der Waals surface area contributed by atoms with Crippen LogP contribution in [0.4, 0.5) is 13.2 Å². The average Bonchev–Trinajstić information content (AvgIpc) is 3.96. The number of aromatic amines is 1. The maximum absolute atomic E-state index is 15.4. The summed E-state index contributed by atoms with van der Waals surface area (Å²) in [4.78, 5) is 63.3. The maximum atomic E-state index is 15.4. The molecule has 0 saturated carbocycles. The number of carbonyl (C=O) groups excluding carboxylic acids is 4. The van der Waals surface area contributed by atoms with Gasteiger partial charge in [0.1, 0.15) is 29.9 Å². The Morgan fingerprint density at radius 2 is 1.71 bits per heavy atom. The largest absolute Gasteiger partial charge is 0.352 e. The number of benzene rings is 2. The Hall–Kier alpha value is -4.96. The first-order valence-corrected chi connectivity index (χ1v) is 20.1. The first-order chi connectivity index (χ1) is 27.6. The predicted molar refractivity (Wildman–Crippen MR) is 219 cm³/mol. The molecule has 4 amide bonds. The van der Waals surface area contributed by atoms with Gasteiger partial charge in [-0.2, -0.15) is 0 Å². The highest BCUT2D eigenvalue weighted by Crippen LogP contribution is 2.37. The van der Waals surface area contributed by atoms with E-state index in [-0.39, 0.29) is 43.9 Å². The lowest BCUT2D eigenvalue weighted by atomic mass is 9.85. The van der Waals surface area contributed by atoms with Crippen LogP contribution in [0.1, 0.15) is 65.9 Å². The fourth-order valence-corrected chi connectivity index (χ4v) is 8.03. The number of likely N-dealkylation sites (tertiary alicyclic amines) is 2. The number of nitrogens with one attached hydrogen (secondary N) is 5. The fourth-order valence-electron chi connectivity index (χ4n) is 8.03. The Morgan fingerprint density at radius 1 is 1.00 bits per heavy atom. The van der Waals surface area contributed by atoms with Gasteiger partial charge in [0.05, 0.1) is 35.9 Å². The molecule has 2 aromatic heterocycles. The Labute approximate surface area is 337 Å². The smallest absolute Gasteiger partial charge is 0.246 e. The standard InChI is InChI=1S/C39H49F3N8O4.C3H9N/c1-6-29(44-21-51)37(53)48-13-7-8-25(48)17-28-27-11-9-22(40)15-30(27)45-34(28)36-46-31-16-23(41)10-12-32(31)50(36)20-26-14-24(42)19-49(26)38(54)35(39(2,3)4)47-33(52)18-43-5;1-3-4-2/h9-12,15-16,21,24-26,29,35,43,45H,6-8,13-14,17-20H2,1-5H3,(H,44,51)(H,47,52);4H,3H2,1-2H3. The maximum Gasteiger partial charge on any atom is 0.246 e. The van der Waals surface area contributed by atoms with Gasteiger partial charge in [0, 0.05) is 42.5 Å². The molecule has 4 aromatic rings. The van der Waals surface area contributed by atoms with Crippen molar-refractivity contribution in [3.8, 4) is 11.5 Å². The molecule has 4 heterocycles. The molecule has 2 saturated heterocycles. The molecule has 13 nitrogen and oxygen atoms in total. The highest BCUT2D eigenvalue weighted by atomic mass is 19.1. The van der Waals surface area contributed by atoms with Gasteiger partial charge < -0.3 is 40.6 Å². The Balaban J connectivity index is 0.00000153. The van der Waals surface area contributed by atoms with E-state index >= 15 is 4.39 Å². The number of fused-ring (bicyclic) bond motifs is 2. The minimum Gasteiger partial charge on any atom is -0.352 e. The van der Waals surface area contributed by atoms with Gasteiger partial charge in [-0.25, -0.2) is 18.2 Å². The molecule has 2 aromatic carbocycles. The van der Waals surface area contributed by atoms with Crippen LogP contribution in [0.3, 0.4) is 0 Å². The molecular formula is C42H58F3N9O4. The predicted octanol–water partition coefficient (Wildman–Crippen LogP) is 4.44. The molecule has 0 aliphatic carbocycles. The zero-order valence-electron chi connectivity index (χ0n) is 34.6. The summed E-state index contributed by atoms with van der Waals surface area (Å²) < 4.78 is 46.6. The molecule has 6 rings (SSSR count). The number of halogens is 3. The lowest BCUT2D eigenvalue weighted by Crippen LogP contribution is -2.57. The monoisotopic (exact) mass is 809 g/mol. The third-order valence-electron chi connectivity index (χ3n) is 11.0. The molecule has 2 aliphatic rings. The summed E-state index contributed by atoms with van der Waals surface area (Å²) in [7, 11) is 3.56. The first-order valence-electron chi connectivity index (χ1n) is 20.1. The van der Waals surface area contributed by atoms with E-state index in [1.54, 1.807) is 24.1 Å². The van der Waals surface area contributed by atoms with Crippen molar-refractivity contribution < 1.29 is 32.3 Å². The van der Waals surface area contributed by atoms with E-state index in [4.69, 9.17) is 4.98 Å². The molecular weight excluding hydrogens is 752 g/mol. The normalized spacial score (nSPS) is 19.2. The van der Waals surface area contributed by atoms with Crippen LogP contribution in [0.5, 0.6) is 0 Å². The van der Waals surface area contributed by atoms with Crippen molar-refractivity contribution in [2.75, 3.05) is 40.3 Å². The molecule has 0 spiro atoms. The highest BCUT2D eigenvalue weighted by Gasteiger charge is 2.43. The number of nitrogens with zero attached hydrogens (tertiary/aromatic N) is 4. The van der Waals surface area contributed by atoms with Crippen LogP contribution in [-0.4, -0.2) is 119 Å². The van der Waals surface area contributed by atoms with Gasteiger partial charge in [-0.1, -0.05) is 34.6 Å². The third kappa shape index (κ3) is 9.83. The average molecular weight is 810 g/mol. The molecule has 316 valence electrons. The second kappa shape index (κ2) is 19.2. The quantitative estimate of drug-likeness (QED) is 0.118. The first kappa shape index (κ1) is 44.1. The molecule has 5 N–H and O–H groups in total. The van der Waals surface area contributed by atoms with Crippen molar-refractivity contribution in [1.82, 2.24) is 45.6 Å². The molecule has 2 aliphatic heterocycles. The number of rotatable bonds is 14. The lowest BCUT2D eigenvalue weighted by molar-refractivity contribution is -0.140. The van der Waals surface area contributed by atoms with Gasteiger partial charge in [-0.15, -0.1) is 0 Å². The third-order valence-corrected chi connectivity index (χ3v) is 11.0. The Morgan fingerprint density at radius 3 is 2.36 bits per heavy atom. The fraction of sp³-hybridized carbons (Fsp3) is 0.548. The van der Waals surface area contributed by atoms with Gasteiger partial charge in [0.15, 0.2) is 5.82 Å². The number of carbonyl (C=O) groups is 4. The number of likely N-dealkylation sites (N-methyl/N-ethyl adjacent to an activating group) is 1. The Bertz CT molecular complexity index is 2080. The second-order valence-corrected chi connectivity index (χ2v) is 16.2. The zero-order valence-corrected chi connectivity index (χ0v) is 34.6. The number of alkyl halides is 1. The highest BCUT2D eigenvalue weighted by molar-refractivity contribution is 5.92. The van der Waals surface area contributed by atoms with Crippen molar-refractivity contribution in [3.63, 3.8) is 0 Å². The van der Waals surface area contributed by atoms with Crippen LogP contribution in [0.25, 0.3) is 33.5 Å². The molecule has 5 unspecified atom stereocenters. The van der Waals surface area contributed by atoms with E-state index in [0.29, 0.717) is 60.3 Å². The number of imidazole rings is 1. The minimum absolute atomic E-state index is 0.00823. The van der Waals surface area contributed by atoms with Gasteiger partial charge in [-0.3, -0.25) is 19.2 Å². The van der Waals surface area contributed by atoms with E-state index in [2.05, 4.69) is 33.2 Å². The van der Waals surface area contributed by atoms with E-state index < -0.39 is 47.3 Å². The van der Waals surface area contributed by atoms with Crippen LogP contribution < -0.4 is 21.3 Å². The Kier molecular flexibility index (Phi) is 14.6. The number of hydrogen-bond acceptors (Lipinski definition) is 7. The topological polar surface area (TPSA) is 156 Å². The lowest BCUT2D eigenvalue weighted by Gasteiger charge is -2.36. The summed E-state index contributed by atoms with van der Waals surface area (Å²) in [5.41, 5.74) is 2.00. The number of H-pyrrole nitrogens is 1. The second-order valence-electron chi connectivity index (χ2n) is 16.2. The van der Waals surface area contributed by atoms with Crippen molar-refractivity contribution in [2.45, 2.75) is 104 Å². The van der Waals surface area contributed by atoms with Gasteiger partial charge >= 0.3 is 0 Å². The summed E-state index contributed by atoms with van der Waals surface area (Å²) in [5.74, 6) is -1.51. The summed E-state index contributed by atoms with van der Waals surface area (Å²) in [6.45, 7) is 10.9. The summed E-state index contributed by atoms with van der Waals surface area (Å²) in [6.07, 6.45) is 1.52. The van der Waals surface area contributed by atoms with Gasteiger partial charge in [-0.05, 0) is 87.6 Å². The molecule has 0 bridgehead atoms. The van der Waals surface area contributed by atoms with Gasteiger partial charge in [0.2, 0.25) is 24.1 Å².